The zero-order valence-electron chi connectivity index (χ0n) is 20.7. The van der Waals surface area contributed by atoms with Gasteiger partial charge >= 0.3 is 0 Å². The summed E-state index contributed by atoms with van der Waals surface area (Å²) in [6.07, 6.45) is 9.91. The third-order valence-electron chi connectivity index (χ3n) is 6.39. The zero-order valence-corrected chi connectivity index (χ0v) is 21.5. The van der Waals surface area contributed by atoms with Crippen LogP contribution in [0.3, 0.4) is 0 Å². The minimum absolute atomic E-state index is 0.151. The highest BCUT2D eigenvalue weighted by Crippen LogP contribution is 2.35. The number of ether oxygens (including phenoxy) is 1. The number of rotatable bonds is 8. The van der Waals surface area contributed by atoms with Crippen molar-refractivity contribution >= 4 is 34.1 Å². The predicted molar refractivity (Wildman–Crippen MR) is 141 cm³/mol. The van der Waals surface area contributed by atoms with Crippen molar-refractivity contribution in [1.82, 2.24) is 14.9 Å². The Labute approximate surface area is 211 Å². The summed E-state index contributed by atoms with van der Waals surface area (Å²) in [5.41, 5.74) is 3.99. The van der Waals surface area contributed by atoms with Gasteiger partial charge in [-0.3, -0.25) is 9.78 Å². The number of anilines is 1. The molecule has 1 saturated heterocycles. The Bertz CT molecular complexity index is 1300. The molecule has 7 heteroatoms. The number of amides is 1. The zero-order chi connectivity index (χ0) is 25.2. The van der Waals surface area contributed by atoms with E-state index in [0.717, 1.165) is 46.4 Å². The van der Waals surface area contributed by atoms with Crippen molar-refractivity contribution in [3.63, 3.8) is 0 Å². The van der Waals surface area contributed by atoms with Crippen LogP contribution in [0.2, 0.25) is 5.02 Å². The molecule has 6 nitrogen and oxygen atoms in total. The molecule has 3 heterocycles. The summed E-state index contributed by atoms with van der Waals surface area (Å²) in [5.74, 6) is 0.813. The van der Waals surface area contributed by atoms with E-state index in [9.17, 15) is 4.79 Å². The number of nitrogens with zero attached hydrogens (tertiary/aromatic N) is 4. The molecule has 1 aliphatic rings. The maximum absolute atomic E-state index is 12.8. The molecule has 1 aromatic carbocycles. The van der Waals surface area contributed by atoms with Crippen LogP contribution in [0.5, 0.6) is 5.75 Å². The number of pyridine rings is 2. The second-order valence-electron chi connectivity index (χ2n) is 9.42. The first-order valence-corrected chi connectivity index (χ1v) is 12.1. The van der Waals surface area contributed by atoms with Crippen molar-refractivity contribution in [3.8, 4) is 5.75 Å². The number of fused-ring (bicyclic) bond motifs is 1. The number of hydrogen-bond acceptors (Lipinski definition) is 5. The summed E-state index contributed by atoms with van der Waals surface area (Å²) in [4.78, 5) is 25.6. The number of para-hydroxylation sites is 1. The van der Waals surface area contributed by atoms with Gasteiger partial charge in [-0.1, -0.05) is 50.2 Å². The van der Waals surface area contributed by atoms with Crippen molar-refractivity contribution < 1.29 is 9.53 Å². The molecule has 182 valence electrons. The molecule has 4 rings (SSSR count). The van der Waals surface area contributed by atoms with Gasteiger partial charge in [-0.2, -0.15) is 0 Å². The summed E-state index contributed by atoms with van der Waals surface area (Å²) in [7, 11) is 0. The Morgan fingerprint density at radius 2 is 2.11 bits per heavy atom. The van der Waals surface area contributed by atoms with E-state index < -0.39 is 0 Å². The molecule has 35 heavy (non-hydrogen) atoms. The Balaban J connectivity index is 1.65. The van der Waals surface area contributed by atoms with Gasteiger partial charge < -0.3 is 14.5 Å². The SMILES string of the molecule is C=CN(/C=C\C)c1cc(C)nc2c(OCc3c(Cl)cncc3CN3CCC(C)(C)C3=O)cccc12. The van der Waals surface area contributed by atoms with E-state index in [1.165, 1.54) is 0 Å². The van der Waals surface area contributed by atoms with E-state index >= 15 is 0 Å². The van der Waals surface area contributed by atoms with Crippen LogP contribution < -0.4 is 9.64 Å². The monoisotopic (exact) mass is 490 g/mol. The fourth-order valence-electron chi connectivity index (χ4n) is 4.42. The number of aromatic nitrogens is 2. The number of halogens is 1. The van der Waals surface area contributed by atoms with Crippen molar-refractivity contribution in [2.45, 2.75) is 47.3 Å². The molecule has 0 spiro atoms. The molecule has 0 N–H and O–H groups in total. The maximum Gasteiger partial charge on any atom is 0.228 e. The van der Waals surface area contributed by atoms with Crippen molar-refractivity contribution in [2.24, 2.45) is 5.41 Å². The van der Waals surface area contributed by atoms with Gasteiger partial charge in [0, 0.05) is 59.9 Å². The summed E-state index contributed by atoms with van der Waals surface area (Å²) in [6.45, 7) is 13.3. The highest BCUT2D eigenvalue weighted by Gasteiger charge is 2.38. The number of aryl methyl sites for hydroxylation is 1. The third kappa shape index (κ3) is 5.03. The fraction of sp³-hybridized carbons (Fsp3) is 0.321. The average Bonchev–Trinajstić information content (AvgIpc) is 3.08. The lowest BCUT2D eigenvalue weighted by molar-refractivity contribution is -0.135. The van der Waals surface area contributed by atoms with Gasteiger partial charge in [0.1, 0.15) is 17.9 Å². The lowest BCUT2D eigenvalue weighted by Crippen LogP contribution is -2.31. The molecule has 2 aromatic heterocycles. The van der Waals surface area contributed by atoms with Gasteiger partial charge in [0.05, 0.1) is 10.7 Å². The van der Waals surface area contributed by atoms with Crippen molar-refractivity contribution in [2.75, 3.05) is 11.4 Å². The number of allylic oxidation sites excluding steroid dienone is 1. The summed E-state index contributed by atoms with van der Waals surface area (Å²) in [6, 6.07) is 7.92. The molecule has 1 amide bonds. The number of hydrogen-bond donors (Lipinski definition) is 0. The number of carbonyl (C=O) groups excluding carboxylic acids is 1. The third-order valence-corrected chi connectivity index (χ3v) is 6.72. The molecular weight excluding hydrogens is 460 g/mol. The molecule has 0 saturated carbocycles. The number of benzene rings is 1. The van der Waals surface area contributed by atoms with E-state index in [2.05, 4.69) is 11.6 Å². The molecular formula is C28H31ClN4O2. The predicted octanol–water partition coefficient (Wildman–Crippen LogP) is 6.41. The lowest BCUT2D eigenvalue weighted by atomic mass is 9.92. The standard InChI is InChI=1S/C28H31ClN4O2/c1-6-12-32(7-2)24-14-19(3)31-26-21(24)9-8-10-25(26)35-18-22-20(15-30-16-23(22)29)17-33-13-11-28(4,5)27(33)34/h6-10,12,14-16H,2,11,13,17-18H2,1,3-5H3/b12-6-. The van der Waals surface area contributed by atoms with Gasteiger partial charge in [-0.15, -0.1) is 0 Å². The van der Waals surface area contributed by atoms with Crippen LogP contribution in [0.25, 0.3) is 10.9 Å². The van der Waals surface area contributed by atoms with Crippen LogP contribution in [-0.2, 0) is 17.9 Å². The fourth-order valence-corrected chi connectivity index (χ4v) is 4.65. The van der Waals surface area contributed by atoms with Gasteiger partial charge in [-0.25, -0.2) is 4.98 Å². The minimum Gasteiger partial charge on any atom is -0.487 e. The lowest BCUT2D eigenvalue weighted by Gasteiger charge is -2.22. The van der Waals surface area contributed by atoms with Crippen LogP contribution >= 0.6 is 11.6 Å². The van der Waals surface area contributed by atoms with E-state index in [-0.39, 0.29) is 17.9 Å². The minimum atomic E-state index is -0.334. The first-order valence-electron chi connectivity index (χ1n) is 11.7. The van der Waals surface area contributed by atoms with Crippen LogP contribution in [0.15, 0.2) is 61.7 Å². The van der Waals surface area contributed by atoms with Crippen LogP contribution in [0.1, 0.15) is 44.0 Å². The van der Waals surface area contributed by atoms with Crippen molar-refractivity contribution in [1.29, 1.82) is 0 Å². The smallest absolute Gasteiger partial charge is 0.228 e. The molecule has 0 bridgehead atoms. The van der Waals surface area contributed by atoms with E-state index in [4.69, 9.17) is 21.3 Å². The topological polar surface area (TPSA) is 58.6 Å². The average molecular weight is 491 g/mol. The molecule has 0 unspecified atom stereocenters. The highest BCUT2D eigenvalue weighted by molar-refractivity contribution is 6.31. The van der Waals surface area contributed by atoms with Crippen LogP contribution in [0.4, 0.5) is 5.69 Å². The molecule has 0 radical (unpaired) electrons. The Kier molecular flexibility index (Phi) is 7.13. The molecule has 1 fully saturated rings. The summed E-state index contributed by atoms with van der Waals surface area (Å²) >= 11 is 6.55. The molecule has 3 aromatic rings. The Morgan fingerprint density at radius 1 is 1.31 bits per heavy atom. The quantitative estimate of drug-likeness (QED) is 0.365. The first kappa shape index (κ1) is 24.7. The highest BCUT2D eigenvalue weighted by atomic mass is 35.5. The first-order chi connectivity index (χ1) is 16.7. The van der Waals surface area contributed by atoms with Gasteiger partial charge in [-0.05, 0) is 38.0 Å². The van der Waals surface area contributed by atoms with Crippen LogP contribution in [0, 0.1) is 12.3 Å². The molecule has 0 atom stereocenters. The van der Waals surface area contributed by atoms with Gasteiger partial charge in [0.25, 0.3) is 0 Å². The number of likely N-dealkylation sites (tertiary alicyclic amines) is 1. The maximum atomic E-state index is 12.8. The van der Waals surface area contributed by atoms with Crippen LogP contribution in [-0.4, -0.2) is 27.3 Å². The summed E-state index contributed by atoms with van der Waals surface area (Å²) < 4.78 is 6.30. The van der Waals surface area contributed by atoms with Crippen molar-refractivity contribution in [3.05, 3.63) is 83.6 Å². The number of carbonyl (C=O) groups is 1. The molecule has 1 aliphatic heterocycles. The molecule has 0 aliphatic carbocycles. The second-order valence-corrected chi connectivity index (χ2v) is 9.82. The van der Waals surface area contributed by atoms with Gasteiger partial charge in [0.15, 0.2) is 0 Å². The normalized spacial score (nSPS) is 15.2. The van der Waals surface area contributed by atoms with Gasteiger partial charge in [0.2, 0.25) is 5.91 Å². The van der Waals surface area contributed by atoms with E-state index in [1.807, 2.05) is 74.0 Å². The van der Waals surface area contributed by atoms with E-state index in [0.29, 0.717) is 17.3 Å². The second kappa shape index (κ2) is 10.1. The van der Waals surface area contributed by atoms with E-state index in [1.54, 1.807) is 18.6 Å². The summed E-state index contributed by atoms with van der Waals surface area (Å²) in [5, 5.41) is 1.47. The Morgan fingerprint density at radius 3 is 2.80 bits per heavy atom. The largest absolute Gasteiger partial charge is 0.487 e. The Hall–Kier alpha value is -3.38.